The van der Waals surface area contributed by atoms with Crippen LogP contribution >= 0.6 is 0 Å². The van der Waals surface area contributed by atoms with Crippen LogP contribution in [0.3, 0.4) is 0 Å². The van der Waals surface area contributed by atoms with E-state index >= 15 is 0 Å². The zero-order valence-electron chi connectivity index (χ0n) is 15.7. The van der Waals surface area contributed by atoms with Crippen LogP contribution in [0.4, 0.5) is 14.9 Å². The topological polar surface area (TPSA) is 103 Å². The molecule has 2 amide bonds. The van der Waals surface area contributed by atoms with Crippen LogP contribution in [-0.4, -0.2) is 39.6 Å². The molecule has 4 rings (SSSR count). The second-order valence-electron chi connectivity index (χ2n) is 6.55. The van der Waals surface area contributed by atoms with Crippen LogP contribution in [0.2, 0.25) is 0 Å². The lowest BCUT2D eigenvalue weighted by molar-refractivity contribution is -0.0172. The molecule has 2 N–H and O–H groups in total. The van der Waals surface area contributed by atoms with Gasteiger partial charge in [0.25, 0.3) is 0 Å². The van der Waals surface area contributed by atoms with Crippen molar-refractivity contribution in [1.29, 1.82) is 0 Å². The predicted molar refractivity (Wildman–Crippen MR) is 101 cm³/mol. The van der Waals surface area contributed by atoms with Gasteiger partial charge in [-0.2, -0.15) is 0 Å². The zero-order valence-corrected chi connectivity index (χ0v) is 15.7. The summed E-state index contributed by atoms with van der Waals surface area (Å²) >= 11 is 0. The summed E-state index contributed by atoms with van der Waals surface area (Å²) in [5, 5.41) is 16.6. The smallest absolute Gasteiger partial charge is 0.319 e. The van der Waals surface area contributed by atoms with Gasteiger partial charge in [-0.15, -0.1) is 5.10 Å². The summed E-state index contributed by atoms with van der Waals surface area (Å²) in [5.74, 6) is 0.282. The van der Waals surface area contributed by atoms with Gasteiger partial charge in [-0.3, -0.25) is 0 Å². The number of aryl methyl sites for hydroxylation is 1. The van der Waals surface area contributed by atoms with Crippen molar-refractivity contribution < 1.29 is 18.7 Å². The van der Waals surface area contributed by atoms with Crippen molar-refractivity contribution in [3.8, 4) is 11.4 Å². The fraction of sp³-hybridized carbons (Fsp3) is 0.263. The molecule has 0 fully saturated rings. The number of rotatable bonds is 5. The Morgan fingerprint density at radius 2 is 2.21 bits per heavy atom. The second kappa shape index (κ2) is 8.23. The van der Waals surface area contributed by atoms with Gasteiger partial charge >= 0.3 is 6.03 Å². The minimum Gasteiger partial charge on any atom is -0.467 e. The maximum absolute atomic E-state index is 13.8. The molecule has 1 aliphatic rings. The molecule has 0 radical (unpaired) electrons. The Labute approximate surface area is 165 Å². The third kappa shape index (κ3) is 4.32. The Hall–Kier alpha value is -3.53. The molecular formula is C19H19FN6O3. The average Bonchev–Trinajstić information content (AvgIpc) is 3.22. The predicted octanol–water partition coefficient (Wildman–Crippen LogP) is 2.34. The van der Waals surface area contributed by atoms with Gasteiger partial charge in [0.2, 0.25) is 0 Å². The van der Waals surface area contributed by atoms with E-state index in [9.17, 15) is 9.18 Å². The van der Waals surface area contributed by atoms with Crippen molar-refractivity contribution in [1.82, 2.24) is 25.5 Å². The summed E-state index contributed by atoms with van der Waals surface area (Å²) in [6.45, 7) is 2.68. The number of halogens is 1. The van der Waals surface area contributed by atoms with Crippen LogP contribution in [0.1, 0.15) is 16.7 Å². The number of nitrogens with zero attached hydrogens (tertiary/aromatic N) is 4. The van der Waals surface area contributed by atoms with Crippen LogP contribution in [0.15, 0.2) is 36.7 Å². The van der Waals surface area contributed by atoms with E-state index in [0.29, 0.717) is 42.1 Å². The van der Waals surface area contributed by atoms with Gasteiger partial charge in [-0.05, 0) is 65.2 Å². The van der Waals surface area contributed by atoms with Gasteiger partial charge in [-0.1, -0.05) is 0 Å². The number of hydrogen-bond acceptors (Lipinski definition) is 6. The molecule has 0 atom stereocenters. The van der Waals surface area contributed by atoms with E-state index in [2.05, 4.69) is 26.2 Å². The molecule has 0 aliphatic carbocycles. The van der Waals surface area contributed by atoms with E-state index < -0.39 is 0 Å². The lowest BCUT2D eigenvalue weighted by Gasteiger charge is -2.21. The van der Waals surface area contributed by atoms with Crippen LogP contribution < -0.4 is 15.4 Å². The summed E-state index contributed by atoms with van der Waals surface area (Å²) < 4.78 is 26.0. The summed E-state index contributed by atoms with van der Waals surface area (Å²) in [5.41, 5.74) is 3.74. The van der Waals surface area contributed by atoms with E-state index in [1.165, 1.54) is 18.5 Å². The number of carbonyl (C=O) groups excluding carboxylic acids is 1. The number of urea groups is 1. The molecule has 29 heavy (non-hydrogen) atoms. The minimum absolute atomic E-state index is 0.138. The molecule has 0 unspecified atom stereocenters. The summed E-state index contributed by atoms with van der Waals surface area (Å²) in [4.78, 5) is 12.2. The van der Waals surface area contributed by atoms with Crippen LogP contribution in [-0.2, 0) is 17.8 Å². The molecule has 2 aromatic carbocycles. The number of ether oxygens (including phenoxy) is 2. The number of hydrogen-bond donors (Lipinski definition) is 2. The monoisotopic (exact) mass is 398 g/mol. The molecule has 0 bridgehead atoms. The third-order valence-electron chi connectivity index (χ3n) is 4.48. The maximum Gasteiger partial charge on any atom is 0.319 e. The van der Waals surface area contributed by atoms with Gasteiger partial charge in [0.1, 0.15) is 17.9 Å². The Morgan fingerprint density at radius 1 is 1.31 bits per heavy atom. The van der Waals surface area contributed by atoms with Crippen LogP contribution in [0, 0.1) is 12.7 Å². The number of benzene rings is 2. The number of anilines is 1. The van der Waals surface area contributed by atoms with E-state index in [0.717, 1.165) is 11.3 Å². The van der Waals surface area contributed by atoms with E-state index in [-0.39, 0.29) is 18.6 Å². The standard InChI is InChI=1S/C19H19FN6O3/c1-12-6-16(2-3-17(12)26-10-22-24-25-26)23-19(27)21-5-4-13-7-15(20)8-14-9-28-11-29-18(13)14/h2-3,6-8,10H,4-5,9,11H2,1H3,(H2,21,23,27). The van der Waals surface area contributed by atoms with Gasteiger partial charge in [0.15, 0.2) is 6.79 Å². The Kier molecular flexibility index (Phi) is 5.34. The molecule has 1 aliphatic heterocycles. The van der Waals surface area contributed by atoms with Gasteiger partial charge in [0.05, 0.1) is 12.3 Å². The Balaban J connectivity index is 1.34. The highest BCUT2D eigenvalue weighted by Crippen LogP contribution is 2.29. The van der Waals surface area contributed by atoms with Crippen LogP contribution in [0.25, 0.3) is 5.69 Å². The number of amides is 2. The normalized spacial score (nSPS) is 12.8. The van der Waals surface area contributed by atoms with E-state index in [1.807, 2.05) is 19.1 Å². The largest absolute Gasteiger partial charge is 0.467 e. The van der Waals surface area contributed by atoms with Crippen molar-refractivity contribution in [2.45, 2.75) is 20.0 Å². The highest BCUT2D eigenvalue weighted by atomic mass is 19.1. The zero-order chi connectivity index (χ0) is 20.2. The molecule has 1 aromatic heterocycles. The number of aromatic nitrogens is 4. The van der Waals surface area contributed by atoms with Crippen molar-refractivity contribution in [3.05, 3.63) is 59.2 Å². The molecule has 0 spiro atoms. The first-order valence-corrected chi connectivity index (χ1v) is 9.01. The fourth-order valence-electron chi connectivity index (χ4n) is 3.19. The number of tetrazole rings is 1. The lowest BCUT2D eigenvalue weighted by Crippen LogP contribution is -2.30. The highest BCUT2D eigenvalue weighted by molar-refractivity contribution is 5.89. The van der Waals surface area contributed by atoms with Crippen molar-refractivity contribution in [3.63, 3.8) is 0 Å². The highest BCUT2D eigenvalue weighted by Gasteiger charge is 2.17. The molecule has 10 heteroatoms. The van der Waals surface area contributed by atoms with Crippen LogP contribution in [0.5, 0.6) is 5.75 Å². The second-order valence-corrected chi connectivity index (χ2v) is 6.55. The minimum atomic E-state index is -0.353. The SMILES string of the molecule is Cc1cc(NC(=O)NCCc2cc(F)cc3c2OCOC3)ccc1-n1cnnn1. The van der Waals surface area contributed by atoms with Crippen molar-refractivity contribution >= 4 is 11.7 Å². The molecule has 9 nitrogen and oxygen atoms in total. The fourth-order valence-corrected chi connectivity index (χ4v) is 3.19. The van der Waals surface area contributed by atoms with Gasteiger partial charge in [0, 0.05) is 17.8 Å². The number of carbonyl (C=O) groups is 1. The maximum atomic E-state index is 13.8. The molecular weight excluding hydrogens is 379 g/mol. The average molecular weight is 398 g/mol. The molecule has 0 saturated heterocycles. The molecule has 150 valence electrons. The Bertz CT molecular complexity index is 1030. The first-order chi connectivity index (χ1) is 14.1. The lowest BCUT2D eigenvalue weighted by atomic mass is 10.1. The Morgan fingerprint density at radius 3 is 3.00 bits per heavy atom. The quantitative estimate of drug-likeness (QED) is 0.684. The van der Waals surface area contributed by atoms with E-state index in [1.54, 1.807) is 10.7 Å². The summed E-state index contributed by atoms with van der Waals surface area (Å²) in [6.07, 6.45) is 1.94. The van der Waals surface area contributed by atoms with Gasteiger partial charge in [-0.25, -0.2) is 13.9 Å². The molecule has 2 heterocycles. The first-order valence-electron chi connectivity index (χ1n) is 9.01. The summed E-state index contributed by atoms with van der Waals surface area (Å²) in [7, 11) is 0. The molecule has 0 saturated carbocycles. The molecule has 3 aromatic rings. The first kappa shape index (κ1) is 18.8. The number of fused-ring (bicyclic) bond motifs is 1. The summed E-state index contributed by atoms with van der Waals surface area (Å²) in [6, 6.07) is 7.88. The number of nitrogens with one attached hydrogen (secondary N) is 2. The third-order valence-corrected chi connectivity index (χ3v) is 4.48. The van der Waals surface area contributed by atoms with Crippen molar-refractivity contribution in [2.75, 3.05) is 18.7 Å². The van der Waals surface area contributed by atoms with Gasteiger partial charge < -0.3 is 20.1 Å². The van der Waals surface area contributed by atoms with E-state index in [4.69, 9.17) is 9.47 Å². The van der Waals surface area contributed by atoms with Crippen molar-refractivity contribution in [2.24, 2.45) is 0 Å².